The van der Waals surface area contributed by atoms with E-state index in [1.54, 1.807) is 7.05 Å². The van der Waals surface area contributed by atoms with Crippen molar-refractivity contribution >= 4 is 52.2 Å². The Balaban J connectivity index is 1.15. The zero-order valence-corrected chi connectivity index (χ0v) is 36.2. The lowest BCUT2D eigenvalue weighted by atomic mass is 10.0. The molecule has 10 aromatic rings. The van der Waals surface area contributed by atoms with Crippen molar-refractivity contribution in [2.45, 2.75) is 0 Å². The van der Waals surface area contributed by atoms with Crippen LogP contribution in [0.15, 0.2) is 137 Å². The van der Waals surface area contributed by atoms with E-state index in [4.69, 9.17) is 15.7 Å². The van der Waals surface area contributed by atoms with Gasteiger partial charge in [-0.2, -0.15) is 5.11 Å². The van der Waals surface area contributed by atoms with Crippen LogP contribution in [0.4, 0.5) is 0 Å². The van der Waals surface area contributed by atoms with E-state index in [0.29, 0.717) is 23.0 Å². The molecule has 0 spiro atoms. The molecule has 12 rings (SSSR count). The van der Waals surface area contributed by atoms with Gasteiger partial charge in [-0.25, -0.2) is 25.3 Å². The third-order valence-electron chi connectivity index (χ3n) is 11.8. The van der Waals surface area contributed by atoms with Crippen LogP contribution in [0, 0.1) is 0 Å². The summed E-state index contributed by atoms with van der Waals surface area (Å²) in [5.74, 6) is 1.93. The fraction of sp³-hybridized carbons (Fsp3) is 0.0204. The Morgan fingerprint density at radius 1 is 0.406 bits per heavy atom. The standard InChI is InChI=1S/C49H34N20/c1-51-63-56-46(50)30-10-2-26(3-11-30)42-34-18-20-36(52-34)43(27-4-12-31(13-5-27)47-57-64-65-58-47)38-22-24-40(54-38)45(29-8-16-33(17-9-29)49-61-68-69-62-49)41-25-23-39(55-41)44(37-21-19-35(42)53-37)28-6-14-32(15-7-28)48-59-66-67-60-48/h2-25,52,55H,1H3,(H2,50,51,56)(H,57,58,64,65)(H,59,60,66,67)(H,61,62,68,69). The number of benzene rings is 4. The van der Waals surface area contributed by atoms with E-state index in [-0.39, 0.29) is 5.84 Å². The molecule has 6 aromatic heterocycles. The third-order valence-corrected chi connectivity index (χ3v) is 11.8. The van der Waals surface area contributed by atoms with Crippen LogP contribution in [-0.2, 0) is 0 Å². The Bertz CT molecular complexity index is 3730. The molecule has 0 unspecified atom stereocenters. The molecule has 0 radical (unpaired) electrons. The lowest BCUT2D eigenvalue weighted by molar-refractivity contribution is 0.881. The molecule has 2 aliphatic heterocycles. The molecule has 0 amide bonds. The van der Waals surface area contributed by atoms with Gasteiger partial charge in [-0.15, -0.1) is 20.4 Å². The zero-order chi connectivity index (χ0) is 46.3. The fourth-order valence-corrected chi connectivity index (χ4v) is 8.61. The number of aromatic amines is 5. The molecule has 4 aromatic carbocycles. The average molecular weight is 903 g/mol. The molecule has 0 saturated carbocycles. The average Bonchev–Trinajstić information content (AvgIpc) is 4.25. The van der Waals surface area contributed by atoms with Gasteiger partial charge < -0.3 is 15.7 Å². The molecule has 20 heteroatoms. The summed E-state index contributed by atoms with van der Waals surface area (Å²) >= 11 is 0. The van der Waals surface area contributed by atoms with Crippen LogP contribution in [0.5, 0.6) is 0 Å². The summed E-state index contributed by atoms with van der Waals surface area (Å²) < 4.78 is 0. The highest BCUT2D eigenvalue weighted by Gasteiger charge is 2.20. The van der Waals surface area contributed by atoms with Gasteiger partial charge in [0.15, 0.2) is 23.3 Å². The van der Waals surface area contributed by atoms with Crippen molar-refractivity contribution in [3.8, 4) is 78.7 Å². The first-order valence-electron chi connectivity index (χ1n) is 21.5. The first-order chi connectivity index (χ1) is 34.0. The maximum atomic E-state index is 6.28. The summed E-state index contributed by atoms with van der Waals surface area (Å²) in [5.41, 5.74) is 23.0. The minimum absolute atomic E-state index is 0.244. The van der Waals surface area contributed by atoms with Gasteiger partial charge >= 0.3 is 0 Å². The molecule has 0 atom stereocenters. The quantitative estimate of drug-likeness (QED) is 0.0344. The third kappa shape index (κ3) is 7.50. The van der Waals surface area contributed by atoms with E-state index < -0.39 is 0 Å². The van der Waals surface area contributed by atoms with Gasteiger partial charge in [0.25, 0.3) is 0 Å². The first kappa shape index (κ1) is 40.3. The number of fused-ring (bicyclic) bond motifs is 8. The number of hydrogen-bond acceptors (Lipinski definition) is 13. The van der Waals surface area contributed by atoms with Gasteiger partial charge in [-0.3, -0.25) is 0 Å². The van der Waals surface area contributed by atoms with Crippen molar-refractivity contribution < 1.29 is 0 Å². The van der Waals surface area contributed by atoms with Gasteiger partial charge in [0, 0.05) is 66.6 Å². The van der Waals surface area contributed by atoms with Crippen LogP contribution in [0.2, 0.25) is 0 Å². The summed E-state index contributed by atoms with van der Waals surface area (Å²) in [6.07, 6.45) is 8.20. The molecular formula is C49H34N20. The smallest absolute Gasteiger partial charge is 0.179 e. The number of rotatable bonds is 9. The van der Waals surface area contributed by atoms with E-state index in [2.05, 4.69) is 124 Å². The van der Waals surface area contributed by atoms with Gasteiger partial charge in [0.2, 0.25) is 0 Å². The number of nitrogens with one attached hydrogen (secondary N) is 5. The van der Waals surface area contributed by atoms with E-state index in [0.717, 1.165) is 106 Å². The second-order valence-corrected chi connectivity index (χ2v) is 15.8. The van der Waals surface area contributed by atoms with Gasteiger partial charge in [0.1, 0.15) is 0 Å². The highest BCUT2D eigenvalue weighted by Crippen LogP contribution is 2.39. The Hall–Kier alpha value is -10.2. The van der Waals surface area contributed by atoms with Crippen LogP contribution < -0.4 is 5.73 Å². The minimum Gasteiger partial charge on any atom is -0.382 e. The van der Waals surface area contributed by atoms with Crippen molar-refractivity contribution in [3.05, 3.63) is 150 Å². The molecule has 0 saturated heterocycles. The second-order valence-electron chi connectivity index (χ2n) is 15.8. The highest BCUT2D eigenvalue weighted by atomic mass is 15.5. The molecular weight excluding hydrogens is 869 g/mol. The number of H-pyrrole nitrogens is 5. The van der Waals surface area contributed by atoms with E-state index in [9.17, 15) is 0 Å². The summed E-state index contributed by atoms with van der Waals surface area (Å²) in [6, 6.07) is 40.3. The Morgan fingerprint density at radius 2 is 0.710 bits per heavy atom. The molecule has 7 N–H and O–H groups in total. The van der Waals surface area contributed by atoms with Crippen LogP contribution >= 0.6 is 0 Å². The normalized spacial score (nSPS) is 12.4. The fourth-order valence-electron chi connectivity index (χ4n) is 8.61. The largest absolute Gasteiger partial charge is 0.382 e. The Labute approximate surface area is 389 Å². The molecule has 69 heavy (non-hydrogen) atoms. The lowest BCUT2D eigenvalue weighted by Gasteiger charge is -2.08. The predicted molar refractivity (Wildman–Crippen MR) is 262 cm³/mol. The van der Waals surface area contributed by atoms with Crippen molar-refractivity contribution in [1.29, 1.82) is 0 Å². The molecule has 330 valence electrons. The molecule has 8 heterocycles. The number of nitrogens with zero attached hydrogens (tertiary/aromatic N) is 14. The highest BCUT2D eigenvalue weighted by molar-refractivity contribution is 6.01. The summed E-state index contributed by atoms with van der Waals surface area (Å²) in [5, 5.41) is 55.0. The second kappa shape index (κ2) is 17.0. The lowest BCUT2D eigenvalue weighted by Crippen LogP contribution is -2.12. The maximum absolute atomic E-state index is 6.28. The van der Waals surface area contributed by atoms with Gasteiger partial charge in [-0.1, -0.05) is 97.1 Å². The van der Waals surface area contributed by atoms with Crippen LogP contribution in [0.1, 0.15) is 28.3 Å². The van der Waals surface area contributed by atoms with Crippen LogP contribution in [0.25, 0.3) is 125 Å². The van der Waals surface area contributed by atoms with Crippen molar-refractivity contribution in [1.82, 2.24) is 81.8 Å². The Kier molecular flexibility index (Phi) is 9.90. The number of aromatic nitrogens is 16. The van der Waals surface area contributed by atoms with Gasteiger partial charge in [-0.05, 0) is 107 Å². The maximum Gasteiger partial charge on any atom is 0.179 e. The molecule has 0 aliphatic carbocycles. The summed E-state index contributed by atoms with van der Waals surface area (Å²) in [4.78, 5) is 18.5. The molecule has 8 bridgehead atoms. The molecule has 0 fully saturated rings. The number of amidine groups is 1. The monoisotopic (exact) mass is 902 g/mol. The minimum atomic E-state index is 0.244. The van der Waals surface area contributed by atoms with Crippen molar-refractivity contribution in [2.75, 3.05) is 7.05 Å². The zero-order valence-electron chi connectivity index (χ0n) is 36.2. The van der Waals surface area contributed by atoms with Crippen LogP contribution in [0.3, 0.4) is 0 Å². The van der Waals surface area contributed by atoms with Gasteiger partial charge in [0.05, 0.1) is 29.8 Å². The Morgan fingerprint density at radius 3 is 1.00 bits per heavy atom. The topological polar surface area (TPSA) is 284 Å². The number of nitrogens with two attached hydrogens (primary N) is 1. The first-order valence-corrected chi connectivity index (χ1v) is 21.5. The van der Waals surface area contributed by atoms with Crippen molar-refractivity contribution in [3.63, 3.8) is 0 Å². The van der Waals surface area contributed by atoms with Crippen molar-refractivity contribution in [2.24, 2.45) is 21.2 Å². The molecule has 20 nitrogen and oxygen atoms in total. The predicted octanol–water partition coefficient (Wildman–Crippen LogP) is 8.57. The number of tetrazole rings is 3. The molecule has 2 aliphatic rings. The van der Waals surface area contributed by atoms with Crippen LogP contribution in [-0.4, -0.2) is 94.7 Å². The summed E-state index contributed by atoms with van der Waals surface area (Å²) in [6.45, 7) is 0. The number of hydrogen-bond donors (Lipinski definition) is 6. The van der Waals surface area contributed by atoms with E-state index >= 15 is 0 Å². The van der Waals surface area contributed by atoms with E-state index in [1.807, 2.05) is 109 Å². The summed E-state index contributed by atoms with van der Waals surface area (Å²) in [7, 11) is 1.54. The SMILES string of the molecule is CN=N/N=C(\N)c1ccc(-c2c3nc(c(-c4ccc(-c5nnn[nH]5)cc4)c4ccc([nH]4)c(-c4ccc(-c5nnn[nH]5)cc4)c4nc(c(-c5ccc(-c6nnn[nH]6)cc5)c5ccc2[nH]5)C=C4)C=C3)cc1. The van der Waals surface area contributed by atoms with E-state index in [1.165, 1.54) is 0 Å².